The summed E-state index contributed by atoms with van der Waals surface area (Å²) in [5.41, 5.74) is 2.29. The first-order valence-corrected chi connectivity index (χ1v) is 10.4. The van der Waals surface area contributed by atoms with Crippen molar-refractivity contribution in [1.82, 2.24) is 5.16 Å². The SMILES string of the molecule is COc1ccc(C(=O)/C=C/Nc2ccc(S(=O)(=O)[N-]c3onc(C)c3C)cc2)cc1. The molecule has 0 atom stereocenters. The van der Waals surface area contributed by atoms with Crippen molar-refractivity contribution >= 4 is 27.4 Å². The Hall–Kier alpha value is -3.59. The van der Waals surface area contributed by atoms with Gasteiger partial charge in [0.2, 0.25) is 0 Å². The van der Waals surface area contributed by atoms with Gasteiger partial charge in [-0.25, -0.2) is 8.42 Å². The number of benzene rings is 2. The number of aryl methyl sites for hydroxylation is 1. The van der Waals surface area contributed by atoms with Crippen molar-refractivity contribution in [2.45, 2.75) is 18.7 Å². The largest absolute Gasteiger partial charge is 0.539 e. The Kier molecular flexibility index (Phi) is 6.22. The second-order valence-electron chi connectivity index (χ2n) is 6.36. The number of ether oxygens (including phenoxy) is 1. The predicted octanol–water partition coefficient (Wildman–Crippen LogP) is 4.50. The van der Waals surface area contributed by atoms with E-state index in [2.05, 4.69) is 15.2 Å². The molecular weight excluding hydrogens is 406 g/mol. The lowest BCUT2D eigenvalue weighted by Crippen LogP contribution is -1.99. The molecule has 0 saturated heterocycles. The molecular formula is C21H20N3O5S-. The number of rotatable bonds is 8. The first kappa shape index (κ1) is 21.1. The maximum absolute atomic E-state index is 12.4. The molecule has 1 aromatic heterocycles. The van der Waals surface area contributed by atoms with Gasteiger partial charge in [0.15, 0.2) is 5.78 Å². The zero-order valence-corrected chi connectivity index (χ0v) is 17.4. The van der Waals surface area contributed by atoms with E-state index in [4.69, 9.17) is 9.26 Å². The standard InChI is InChI=1S/C21H21N3O5S/c1-14-15(2)23-29-21(14)24-30(26,27)19-10-6-17(7-11-19)22-13-12-20(25)16-4-8-18(28-3)9-5-16/h4-13H,1-3H3,(H2,22,23,24,25)/p-1. The smallest absolute Gasteiger partial charge is 0.187 e. The molecule has 0 fully saturated rings. The van der Waals surface area contributed by atoms with Crippen LogP contribution in [0.4, 0.5) is 11.6 Å². The quantitative estimate of drug-likeness (QED) is 0.417. The van der Waals surface area contributed by atoms with Crippen LogP contribution in [0.5, 0.6) is 5.75 Å². The molecule has 0 amide bonds. The number of anilines is 1. The summed E-state index contributed by atoms with van der Waals surface area (Å²) in [6, 6.07) is 12.7. The highest BCUT2D eigenvalue weighted by Crippen LogP contribution is 2.32. The molecule has 3 aromatic rings. The summed E-state index contributed by atoms with van der Waals surface area (Å²) in [5.74, 6) is 0.458. The summed E-state index contributed by atoms with van der Waals surface area (Å²) in [6.07, 6.45) is 2.87. The third-order valence-corrected chi connectivity index (χ3v) is 5.62. The Morgan fingerprint density at radius 1 is 1.10 bits per heavy atom. The fourth-order valence-corrected chi connectivity index (χ4v) is 3.41. The Morgan fingerprint density at radius 2 is 1.77 bits per heavy atom. The van der Waals surface area contributed by atoms with Crippen LogP contribution in [0.25, 0.3) is 4.72 Å². The van der Waals surface area contributed by atoms with Crippen LogP contribution in [0.15, 0.2) is 70.2 Å². The minimum atomic E-state index is -3.93. The number of aromatic nitrogens is 1. The van der Waals surface area contributed by atoms with Crippen LogP contribution in [0, 0.1) is 13.8 Å². The minimum absolute atomic E-state index is 0.0137. The average molecular weight is 426 g/mol. The number of carbonyl (C=O) groups is 1. The van der Waals surface area contributed by atoms with E-state index < -0.39 is 10.0 Å². The van der Waals surface area contributed by atoms with E-state index in [1.807, 2.05) is 0 Å². The van der Waals surface area contributed by atoms with Crippen LogP contribution in [-0.4, -0.2) is 26.5 Å². The van der Waals surface area contributed by atoms with Gasteiger partial charge in [0.25, 0.3) is 0 Å². The Bertz CT molecular complexity index is 1160. The van der Waals surface area contributed by atoms with Crippen LogP contribution in [0.2, 0.25) is 0 Å². The monoisotopic (exact) mass is 426 g/mol. The van der Waals surface area contributed by atoms with Crippen molar-refractivity contribution in [3.8, 4) is 5.75 Å². The van der Waals surface area contributed by atoms with Gasteiger partial charge >= 0.3 is 0 Å². The molecule has 0 saturated carbocycles. The summed E-state index contributed by atoms with van der Waals surface area (Å²) in [7, 11) is -2.38. The molecule has 0 aliphatic rings. The highest BCUT2D eigenvalue weighted by atomic mass is 32.2. The zero-order valence-electron chi connectivity index (χ0n) is 16.6. The molecule has 3 rings (SSSR count). The van der Waals surface area contributed by atoms with Crippen LogP contribution in [0.3, 0.4) is 0 Å². The molecule has 1 heterocycles. The highest BCUT2D eigenvalue weighted by molar-refractivity contribution is 7.94. The summed E-state index contributed by atoms with van der Waals surface area (Å²) in [4.78, 5) is 12.2. The van der Waals surface area contributed by atoms with Crippen molar-refractivity contribution in [2.24, 2.45) is 0 Å². The van der Waals surface area contributed by atoms with E-state index in [1.165, 1.54) is 24.4 Å². The minimum Gasteiger partial charge on any atom is -0.539 e. The van der Waals surface area contributed by atoms with Gasteiger partial charge in [-0.1, -0.05) is 5.16 Å². The molecule has 2 aromatic carbocycles. The van der Waals surface area contributed by atoms with Crippen molar-refractivity contribution in [2.75, 3.05) is 12.4 Å². The zero-order chi connectivity index (χ0) is 21.7. The molecule has 0 unspecified atom stereocenters. The predicted molar refractivity (Wildman–Crippen MR) is 113 cm³/mol. The van der Waals surface area contributed by atoms with Crippen LogP contribution < -0.4 is 10.1 Å². The van der Waals surface area contributed by atoms with E-state index in [-0.39, 0.29) is 16.6 Å². The molecule has 0 aliphatic heterocycles. The van der Waals surface area contributed by atoms with Crippen molar-refractivity contribution in [3.63, 3.8) is 0 Å². The summed E-state index contributed by atoms with van der Waals surface area (Å²) >= 11 is 0. The van der Waals surface area contributed by atoms with E-state index >= 15 is 0 Å². The topological polar surface area (TPSA) is 113 Å². The fourth-order valence-electron chi connectivity index (χ4n) is 2.44. The number of sulfonamides is 1. The normalized spacial score (nSPS) is 11.4. The second kappa shape index (κ2) is 8.83. The van der Waals surface area contributed by atoms with E-state index in [1.54, 1.807) is 57.4 Å². The lowest BCUT2D eigenvalue weighted by Gasteiger charge is -2.19. The number of carbonyl (C=O) groups excluding carboxylic acids is 1. The Morgan fingerprint density at radius 3 is 2.33 bits per heavy atom. The average Bonchev–Trinajstić information content (AvgIpc) is 3.05. The number of nitrogens with one attached hydrogen (secondary N) is 1. The summed E-state index contributed by atoms with van der Waals surface area (Å²) in [6.45, 7) is 3.39. The first-order valence-electron chi connectivity index (χ1n) is 8.92. The maximum Gasteiger partial charge on any atom is 0.187 e. The lowest BCUT2D eigenvalue weighted by molar-refractivity contribution is 0.104. The van der Waals surface area contributed by atoms with E-state index in [0.717, 1.165) is 0 Å². The highest BCUT2D eigenvalue weighted by Gasteiger charge is 2.09. The number of nitrogens with zero attached hydrogens (tertiary/aromatic N) is 2. The second-order valence-corrected chi connectivity index (χ2v) is 7.96. The van der Waals surface area contributed by atoms with Crippen molar-refractivity contribution in [1.29, 1.82) is 0 Å². The van der Waals surface area contributed by atoms with Gasteiger partial charge in [-0.15, -0.1) is 0 Å². The van der Waals surface area contributed by atoms with Crippen LogP contribution >= 0.6 is 0 Å². The number of hydrogen-bond acceptors (Lipinski definition) is 7. The van der Waals surface area contributed by atoms with Crippen molar-refractivity contribution < 1.29 is 22.5 Å². The summed E-state index contributed by atoms with van der Waals surface area (Å²) < 4.78 is 38.6. The molecule has 8 nitrogen and oxygen atoms in total. The van der Waals surface area contributed by atoms with E-state index in [9.17, 15) is 13.2 Å². The van der Waals surface area contributed by atoms with Gasteiger partial charge in [0.1, 0.15) is 15.8 Å². The van der Waals surface area contributed by atoms with Gasteiger partial charge in [0, 0.05) is 23.5 Å². The molecule has 156 valence electrons. The van der Waals surface area contributed by atoms with E-state index in [0.29, 0.717) is 28.3 Å². The lowest BCUT2D eigenvalue weighted by atomic mass is 10.1. The van der Waals surface area contributed by atoms with Crippen LogP contribution in [-0.2, 0) is 10.0 Å². The number of ketones is 1. The molecule has 30 heavy (non-hydrogen) atoms. The van der Waals surface area contributed by atoms with Gasteiger partial charge in [-0.05, 0) is 67.9 Å². The molecule has 0 radical (unpaired) electrons. The number of hydrogen-bond donors (Lipinski definition) is 1. The molecule has 0 bridgehead atoms. The number of methoxy groups -OCH3 is 1. The maximum atomic E-state index is 12.4. The number of allylic oxidation sites excluding steroid dienone is 1. The Balaban J connectivity index is 1.63. The van der Waals surface area contributed by atoms with Gasteiger partial charge in [-0.2, -0.15) is 0 Å². The Labute approximate surface area is 174 Å². The molecule has 0 aliphatic carbocycles. The first-order chi connectivity index (χ1) is 14.3. The molecule has 1 N–H and O–H groups in total. The van der Waals surface area contributed by atoms with Gasteiger partial charge < -0.3 is 19.3 Å². The van der Waals surface area contributed by atoms with Crippen molar-refractivity contribution in [3.05, 3.63) is 82.3 Å². The third-order valence-electron chi connectivity index (χ3n) is 4.35. The molecule has 0 spiro atoms. The third kappa shape index (κ3) is 4.87. The molecule has 9 heteroatoms. The van der Waals surface area contributed by atoms with Crippen LogP contribution in [0.1, 0.15) is 21.6 Å². The fraction of sp³-hybridized carbons (Fsp3) is 0.143. The summed E-state index contributed by atoms with van der Waals surface area (Å²) in [5, 5.41) is 6.63. The van der Waals surface area contributed by atoms with Gasteiger partial charge in [-0.3, -0.25) is 4.79 Å². The van der Waals surface area contributed by atoms with Gasteiger partial charge in [0.05, 0.1) is 23.6 Å².